The Morgan fingerprint density at radius 2 is 1.81 bits per heavy atom. The van der Waals surface area contributed by atoms with E-state index in [4.69, 9.17) is 0 Å². The van der Waals surface area contributed by atoms with Gasteiger partial charge in [-0.1, -0.05) is 32.9 Å². The van der Waals surface area contributed by atoms with E-state index in [1.165, 1.54) is 0 Å². The van der Waals surface area contributed by atoms with Crippen LogP contribution in [0.4, 0.5) is 0 Å². The summed E-state index contributed by atoms with van der Waals surface area (Å²) in [5, 5.41) is 2.52. The largest absolute Gasteiger partial charge is 0.340 e. The van der Waals surface area contributed by atoms with Crippen LogP contribution in [0.1, 0.15) is 90.1 Å². The predicted molar refractivity (Wildman–Crippen MR) is 149 cm³/mol. The Balaban J connectivity index is 1.75. The van der Waals surface area contributed by atoms with E-state index in [1.807, 2.05) is 23.1 Å². The number of nitrogens with zero attached hydrogens (tertiary/aromatic N) is 2. The van der Waals surface area contributed by atoms with Crippen LogP contribution in [0, 0.1) is 5.92 Å². The van der Waals surface area contributed by atoms with E-state index in [0.29, 0.717) is 30.6 Å². The zero-order valence-electron chi connectivity index (χ0n) is 24.0. The molecule has 2 amide bonds. The highest BCUT2D eigenvalue weighted by atomic mass is 32.2. The quantitative estimate of drug-likeness (QED) is 0.546. The van der Waals surface area contributed by atoms with E-state index < -0.39 is 21.1 Å². The number of hydrogen-bond acceptors (Lipinski definition) is 5. The van der Waals surface area contributed by atoms with Gasteiger partial charge in [-0.15, -0.1) is 0 Å². The number of sulfone groups is 1. The zero-order chi connectivity index (χ0) is 27.7. The van der Waals surface area contributed by atoms with Crippen molar-refractivity contribution in [3.8, 4) is 0 Å². The second-order valence-electron chi connectivity index (χ2n) is 12.6. The molecule has 8 heteroatoms. The molecule has 1 aromatic rings. The maximum atomic E-state index is 13.5. The van der Waals surface area contributed by atoms with E-state index in [0.717, 1.165) is 24.8 Å². The second kappa shape index (κ2) is 11.4. The molecule has 208 valence electrons. The summed E-state index contributed by atoms with van der Waals surface area (Å²) >= 11 is 0. The molecule has 1 unspecified atom stereocenters. The van der Waals surface area contributed by atoms with E-state index in [2.05, 4.69) is 51.9 Å². The van der Waals surface area contributed by atoms with Crippen LogP contribution in [-0.2, 0) is 20.0 Å². The highest BCUT2D eigenvalue weighted by Crippen LogP contribution is 2.35. The minimum Gasteiger partial charge on any atom is -0.340 e. The number of rotatable bonds is 8. The Kier molecular flexibility index (Phi) is 9.16. The molecule has 1 saturated heterocycles. The van der Waals surface area contributed by atoms with Gasteiger partial charge < -0.3 is 15.1 Å². The molecule has 1 aromatic carbocycles. The van der Waals surface area contributed by atoms with E-state index >= 15 is 0 Å². The van der Waals surface area contributed by atoms with Crippen LogP contribution in [0.25, 0.3) is 0 Å². The zero-order valence-corrected chi connectivity index (χ0v) is 24.8. The fourth-order valence-electron chi connectivity index (χ4n) is 5.63. The van der Waals surface area contributed by atoms with Crippen molar-refractivity contribution < 1.29 is 18.0 Å². The first-order valence-corrected chi connectivity index (χ1v) is 15.5. The van der Waals surface area contributed by atoms with Gasteiger partial charge in [0.25, 0.3) is 5.91 Å². The van der Waals surface area contributed by atoms with Gasteiger partial charge in [0.05, 0.1) is 11.0 Å². The van der Waals surface area contributed by atoms with Crippen molar-refractivity contribution in [3.63, 3.8) is 0 Å². The number of hydrogen-bond donors (Lipinski definition) is 1. The summed E-state index contributed by atoms with van der Waals surface area (Å²) in [6, 6.07) is 7.53. The molecule has 1 saturated carbocycles. The molecule has 2 fully saturated rings. The number of carbonyl (C=O) groups excluding carboxylic acids is 2. The predicted octanol–water partition coefficient (Wildman–Crippen LogP) is 4.02. The second-order valence-corrected chi connectivity index (χ2v) is 15.2. The van der Waals surface area contributed by atoms with E-state index in [-0.39, 0.29) is 34.9 Å². The molecular weight excluding hydrogens is 486 g/mol. The fourth-order valence-corrected chi connectivity index (χ4v) is 6.97. The van der Waals surface area contributed by atoms with Crippen molar-refractivity contribution in [1.82, 2.24) is 15.1 Å². The minimum absolute atomic E-state index is 0.0793. The highest BCUT2D eigenvalue weighted by Gasteiger charge is 2.44. The molecule has 1 heterocycles. The fraction of sp³-hybridized carbons (Fsp3) is 0.724. The molecule has 1 N–H and O–H groups in total. The van der Waals surface area contributed by atoms with Crippen LogP contribution in [0.15, 0.2) is 24.3 Å². The van der Waals surface area contributed by atoms with Gasteiger partial charge in [-0.05, 0) is 89.5 Å². The number of nitrogens with one attached hydrogen (secondary N) is 1. The van der Waals surface area contributed by atoms with Gasteiger partial charge in [-0.2, -0.15) is 0 Å². The summed E-state index contributed by atoms with van der Waals surface area (Å²) < 4.78 is 25.9. The molecule has 1 aliphatic heterocycles. The smallest absolute Gasteiger partial charge is 0.251 e. The van der Waals surface area contributed by atoms with Crippen molar-refractivity contribution in [3.05, 3.63) is 35.4 Å². The molecular formula is C29H47N3O4S. The van der Waals surface area contributed by atoms with Crippen molar-refractivity contribution in [2.24, 2.45) is 5.92 Å². The molecule has 0 bridgehead atoms. The summed E-state index contributed by atoms with van der Waals surface area (Å²) in [4.78, 5) is 30.8. The van der Waals surface area contributed by atoms with Gasteiger partial charge in [-0.3, -0.25) is 9.59 Å². The normalized spacial score (nSPS) is 25.4. The number of benzene rings is 1. The Bertz CT molecular complexity index is 1080. The van der Waals surface area contributed by atoms with Crippen molar-refractivity contribution >= 4 is 21.7 Å². The average Bonchev–Trinajstić information content (AvgIpc) is 3.17. The summed E-state index contributed by atoms with van der Waals surface area (Å²) in [5.41, 5.74) is 1.54. The molecule has 0 radical (unpaired) electrons. The Morgan fingerprint density at radius 3 is 2.41 bits per heavy atom. The van der Waals surface area contributed by atoms with Crippen LogP contribution in [-0.4, -0.2) is 78.8 Å². The van der Waals surface area contributed by atoms with Crippen molar-refractivity contribution in [2.45, 2.75) is 109 Å². The first kappa shape index (κ1) is 29.6. The number of likely N-dealkylation sites (tertiary alicyclic amines) is 1. The molecule has 37 heavy (non-hydrogen) atoms. The highest BCUT2D eigenvalue weighted by molar-refractivity contribution is 7.91. The lowest BCUT2D eigenvalue weighted by Gasteiger charge is -2.44. The number of amides is 2. The lowest BCUT2D eigenvalue weighted by Crippen LogP contribution is -2.53. The van der Waals surface area contributed by atoms with Gasteiger partial charge in [0.2, 0.25) is 5.91 Å². The lowest BCUT2D eigenvalue weighted by molar-refractivity contribution is -0.133. The maximum Gasteiger partial charge on any atom is 0.251 e. The van der Waals surface area contributed by atoms with Gasteiger partial charge in [0.15, 0.2) is 9.84 Å². The van der Waals surface area contributed by atoms with Crippen LogP contribution < -0.4 is 5.32 Å². The minimum atomic E-state index is -3.26. The molecule has 0 spiro atoms. The van der Waals surface area contributed by atoms with Crippen LogP contribution >= 0.6 is 0 Å². The van der Waals surface area contributed by atoms with E-state index in [9.17, 15) is 18.0 Å². The first-order valence-electron chi connectivity index (χ1n) is 13.8. The van der Waals surface area contributed by atoms with Gasteiger partial charge in [-0.25, -0.2) is 8.42 Å². The lowest BCUT2D eigenvalue weighted by atomic mass is 9.81. The molecule has 3 rings (SSSR count). The Morgan fingerprint density at radius 1 is 1.14 bits per heavy atom. The summed E-state index contributed by atoms with van der Waals surface area (Å²) in [6.07, 6.45) is 3.00. The van der Waals surface area contributed by atoms with Gasteiger partial charge >= 0.3 is 0 Å². The van der Waals surface area contributed by atoms with Gasteiger partial charge in [0, 0.05) is 30.2 Å². The standard InChI is InChI=1S/C29H47N3O4S/c1-19(2)31(8)24-12-13-26(22(17-24)18-37(35,36)20(3)4)32-15-14-25(28(32)34)30-27(33)21-10-9-11-23(16-21)29(5,6)7/h9-11,16,19-20,22,24-26H,12-15,17-18H2,1-8H3,(H,30,33)/t22-,24+,25?,26-/m0/s1. The van der Waals surface area contributed by atoms with Crippen LogP contribution in [0.2, 0.25) is 0 Å². The Hall–Kier alpha value is -1.93. The molecule has 2 aliphatic rings. The Labute approximate surface area is 224 Å². The van der Waals surface area contributed by atoms with Crippen LogP contribution in [0.3, 0.4) is 0 Å². The molecule has 0 aromatic heterocycles. The average molecular weight is 534 g/mol. The molecule has 4 atom stereocenters. The van der Waals surface area contributed by atoms with Crippen molar-refractivity contribution in [2.75, 3.05) is 19.3 Å². The topological polar surface area (TPSA) is 86.8 Å². The summed E-state index contributed by atoms with van der Waals surface area (Å²) in [5.74, 6) is -0.354. The monoisotopic (exact) mass is 533 g/mol. The van der Waals surface area contributed by atoms with Crippen LogP contribution in [0.5, 0.6) is 0 Å². The third-order valence-corrected chi connectivity index (χ3v) is 10.7. The SMILES string of the molecule is CC(C)N(C)[C@@H]1CC[C@H](N2CCC(NC(=O)c3cccc(C(C)(C)C)c3)C2=O)[C@H](CS(=O)(=O)C(C)C)C1. The summed E-state index contributed by atoms with van der Waals surface area (Å²) in [7, 11) is -1.16. The molecule has 7 nitrogen and oxygen atoms in total. The van der Waals surface area contributed by atoms with E-state index in [1.54, 1.807) is 19.9 Å². The third kappa shape index (κ3) is 6.94. The summed E-state index contributed by atoms with van der Waals surface area (Å²) in [6.45, 7) is 14.6. The number of carbonyl (C=O) groups is 2. The third-order valence-electron chi connectivity index (χ3n) is 8.41. The first-order chi connectivity index (χ1) is 17.1. The van der Waals surface area contributed by atoms with Gasteiger partial charge in [0.1, 0.15) is 6.04 Å². The molecule has 1 aliphatic carbocycles. The maximum absolute atomic E-state index is 13.5. The van der Waals surface area contributed by atoms with Crippen molar-refractivity contribution in [1.29, 1.82) is 0 Å².